The molecule has 0 spiro atoms. The molecule has 0 aliphatic carbocycles. The number of hydrogen-bond acceptors (Lipinski definition) is 4. The summed E-state index contributed by atoms with van der Waals surface area (Å²) in [5.74, 6) is 0.00490. The Bertz CT molecular complexity index is 770. The van der Waals surface area contributed by atoms with E-state index in [1.165, 1.54) is 0 Å². The molecule has 0 saturated carbocycles. The number of hydrogen-bond donors (Lipinski definition) is 1. The first-order valence-corrected chi connectivity index (χ1v) is 9.67. The molecule has 4 rings (SSSR count). The van der Waals surface area contributed by atoms with Crippen LogP contribution in [0.15, 0.2) is 54.6 Å². The summed E-state index contributed by atoms with van der Waals surface area (Å²) in [5, 5.41) is 10.5. The number of carbonyl (C=O) groups excluding carboxylic acids is 1. The Morgan fingerprint density at radius 3 is 2.19 bits per heavy atom. The molecule has 2 saturated heterocycles. The predicted octanol–water partition coefficient (Wildman–Crippen LogP) is 1.79. The van der Waals surface area contributed by atoms with Crippen LogP contribution in [0, 0.1) is 0 Å². The van der Waals surface area contributed by atoms with Crippen LogP contribution in [-0.2, 0) is 0 Å². The Kier molecular flexibility index (Phi) is 5.25. The minimum absolute atomic E-state index is 0.00490. The smallest absolute Gasteiger partial charge is 0.253 e. The molecule has 27 heavy (non-hydrogen) atoms. The van der Waals surface area contributed by atoms with E-state index >= 15 is 0 Å². The number of aliphatic hydroxyl groups excluding tert-OH is 1. The van der Waals surface area contributed by atoms with E-state index in [1.807, 2.05) is 42.5 Å². The van der Waals surface area contributed by atoms with Crippen molar-refractivity contribution in [3.05, 3.63) is 60.2 Å². The zero-order chi connectivity index (χ0) is 18.8. The largest absolute Gasteiger partial charge is 0.390 e. The van der Waals surface area contributed by atoms with E-state index in [2.05, 4.69) is 29.0 Å². The van der Waals surface area contributed by atoms with Crippen LogP contribution in [0.1, 0.15) is 10.4 Å². The molecule has 2 heterocycles. The molecule has 0 aromatic heterocycles. The summed E-state index contributed by atoms with van der Waals surface area (Å²) in [6.45, 7) is 4.94. The van der Waals surface area contributed by atoms with Gasteiger partial charge in [-0.05, 0) is 30.3 Å². The molecule has 0 unspecified atom stereocenters. The van der Waals surface area contributed by atoms with Crippen LogP contribution in [0.5, 0.6) is 0 Å². The molecule has 1 N–H and O–H groups in total. The fourth-order valence-electron chi connectivity index (χ4n) is 4.07. The molecule has 2 aliphatic rings. The highest BCUT2D eigenvalue weighted by Gasteiger charge is 2.38. The Labute approximate surface area is 160 Å². The Morgan fingerprint density at radius 2 is 1.52 bits per heavy atom. The molecule has 2 aliphatic heterocycles. The topological polar surface area (TPSA) is 47.0 Å². The number of aliphatic hydroxyl groups is 1. The first-order chi connectivity index (χ1) is 13.1. The third-order valence-corrected chi connectivity index (χ3v) is 5.79. The third-order valence-electron chi connectivity index (χ3n) is 5.79. The van der Waals surface area contributed by atoms with Gasteiger partial charge < -0.3 is 14.9 Å². The molecule has 2 atom stereocenters. The zero-order valence-electron chi connectivity index (χ0n) is 15.8. The summed E-state index contributed by atoms with van der Waals surface area (Å²) in [5.41, 5.74) is 2.92. The molecule has 0 radical (unpaired) electrons. The van der Waals surface area contributed by atoms with Crippen molar-refractivity contribution in [3.8, 4) is 11.1 Å². The maximum atomic E-state index is 12.9. The monoisotopic (exact) mass is 365 g/mol. The minimum atomic E-state index is -0.471. The second kappa shape index (κ2) is 7.80. The Hall–Kier alpha value is -2.21. The number of nitrogens with zero attached hydrogens (tertiary/aromatic N) is 3. The number of β-amino-alcohol motifs (C(OH)–C–C–N with tert-alkyl or cyclic N) is 1. The normalized spacial score (nSPS) is 24.3. The summed E-state index contributed by atoms with van der Waals surface area (Å²) in [4.78, 5) is 19.3. The number of rotatable bonds is 3. The lowest BCUT2D eigenvalue weighted by Crippen LogP contribution is -2.52. The molecule has 142 valence electrons. The van der Waals surface area contributed by atoms with Gasteiger partial charge in [0, 0.05) is 44.8 Å². The van der Waals surface area contributed by atoms with Crippen LogP contribution in [0.25, 0.3) is 11.1 Å². The van der Waals surface area contributed by atoms with Crippen molar-refractivity contribution in [2.45, 2.75) is 12.1 Å². The van der Waals surface area contributed by atoms with Crippen LogP contribution in [0.3, 0.4) is 0 Å². The summed E-state index contributed by atoms with van der Waals surface area (Å²) in [7, 11) is 2.12. The van der Waals surface area contributed by atoms with Gasteiger partial charge in [-0.15, -0.1) is 0 Å². The van der Waals surface area contributed by atoms with E-state index in [0.717, 1.165) is 37.3 Å². The van der Waals surface area contributed by atoms with Crippen molar-refractivity contribution in [1.82, 2.24) is 14.7 Å². The molecule has 1 amide bonds. The Morgan fingerprint density at radius 1 is 0.889 bits per heavy atom. The van der Waals surface area contributed by atoms with Crippen LogP contribution >= 0.6 is 0 Å². The van der Waals surface area contributed by atoms with Gasteiger partial charge in [-0.3, -0.25) is 9.69 Å². The van der Waals surface area contributed by atoms with Crippen LogP contribution < -0.4 is 0 Å². The Balaban J connectivity index is 1.42. The fraction of sp³-hybridized carbons (Fsp3) is 0.409. The number of likely N-dealkylation sites (N-methyl/N-ethyl adjacent to an activating group) is 1. The van der Waals surface area contributed by atoms with Crippen molar-refractivity contribution in [3.63, 3.8) is 0 Å². The van der Waals surface area contributed by atoms with Gasteiger partial charge in [0.25, 0.3) is 5.91 Å². The van der Waals surface area contributed by atoms with Crippen molar-refractivity contribution >= 4 is 5.91 Å². The lowest BCUT2D eigenvalue weighted by Gasteiger charge is -2.37. The number of benzene rings is 2. The number of carbonyl (C=O) groups is 1. The maximum Gasteiger partial charge on any atom is 0.253 e. The first kappa shape index (κ1) is 18.2. The van der Waals surface area contributed by atoms with Gasteiger partial charge in [0.15, 0.2) is 0 Å². The number of piperazine rings is 1. The number of amides is 1. The van der Waals surface area contributed by atoms with E-state index in [-0.39, 0.29) is 11.9 Å². The maximum absolute atomic E-state index is 12.9. The molecular weight excluding hydrogens is 338 g/mol. The minimum Gasteiger partial charge on any atom is -0.390 e. The second-order valence-corrected chi connectivity index (χ2v) is 7.63. The van der Waals surface area contributed by atoms with Crippen LogP contribution in [-0.4, -0.2) is 84.2 Å². The molecule has 5 nitrogen and oxygen atoms in total. The van der Waals surface area contributed by atoms with E-state index in [0.29, 0.717) is 18.7 Å². The van der Waals surface area contributed by atoms with Crippen molar-refractivity contribution in [2.24, 2.45) is 0 Å². The SMILES string of the molecule is CN1CCN([C@H]2CN(C(=O)c3ccc(-c4ccccc4)cc3)C[C@@H]2O)CC1. The van der Waals surface area contributed by atoms with Crippen molar-refractivity contribution in [2.75, 3.05) is 46.3 Å². The highest BCUT2D eigenvalue weighted by molar-refractivity contribution is 5.95. The lowest BCUT2D eigenvalue weighted by atomic mass is 10.0. The van der Waals surface area contributed by atoms with E-state index < -0.39 is 6.10 Å². The quantitative estimate of drug-likeness (QED) is 0.901. The average molecular weight is 365 g/mol. The average Bonchev–Trinajstić information content (AvgIpc) is 3.10. The van der Waals surface area contributed by atoms with Crippen molar-refractivity contribution < 1.29 is 9.90 Å². The molecule has 2 fully saturated rings. The summed E-state index contributed by atoms with van der Waals surface area (Å²) in [6.07, 6.45) is -0.471. The molecule has 2 aromatic carbocycles. The van der Waals surface area contributed by atoms with Gasteiger partial charge in [-0.2, -0.15) is 0 Å². The standard InChI is InChI=1S/C22H27N3O2/c1-23-11-13-24(14-12-23)20-15-25(16-21(20)26)22(27)19-9-7-18(8-10-19)17-5-3-2-4-6-17/h2-10,20-21,26H,11-16H2,1H3/t20-,21-/m0/s1. The predicted molar refractivity (Wildman–Crippen MR) is 107 cm³/mol. The highest BCUT2D eigenvalue weighted by atomic mass is 16.3. The second-order valence-electron chi connectivity index (χ2n) is 7.63. The first-order valence-electron chi connectivity index (χ1n) is 9.67. The van der Waals surface area contributed by atoms with Crippen LogP contribution in [0.2, 0.25) is 0 Å². The fourth-order valence-corrected chi connectivity index (χ4v) is 4.07. The molecular formula is C22H27N3O2. The number of likely N-dealkylation sites (tertiary alicyclic amines) is 1. The molecule has 0 bridgehead atoms. The zero-order valence-corrected chi connectivity index (χ0v) is 15.8. The van der Waals surface area contributed by atoms with E-state index in [9.17, 15) is 9.90 Å². The van der Waals surface area contributed by atoms with Gasteiger partial charge in [-0.1, -0.05) is 42.5 Å². The molecule has 2 aromatic rings. The molecule has 5 heteroatoms. The van der Waals surface area contributed by atoms with Gasteiger partial charge >= 0.3 is 0 Å². The van der Waals surface area contributed by atoms with Gasteiger partial charge in [0.2, 0.25) is 0 Å². The van der Waals surface area contributed by atoms with Gasteiger partial charge in [0.05, 0.1) is 12.1 Å². The van der Waals surface area contributed by atoms with Crippen LogP contribution in [0.4, 0.5) is 0 Å². The highest BCUT2D eigenvalue weighted by Crippen LogP contribution is 2.23. The van der Waals surface area contributed by atoms with E-state index in [4.69, 9.17) is 0 Å². The summed E-state index contributed by atoms with van der Waals surface area (Å²) < 4.78 is 0. The van der Waals surface area contributed by atoms with Gasteiger partial charge in [-0.25, -0.2) is 0 Å². The summed E-state index contributed by atoms with van der Waals surface area (Å²) in [6, 6.07) is 18.0. The summed E-state index contributed by atoms with van der Waals surface area (Å²) >= 11 is 0. The third kappa shape index (κ3) is 3.90. The van der Waals surface area contributed by atoms with E-state index in [1.54, 1.807) is 4.90 Å². The van der Waals surface area contributed by atoms with Crippen molar-refractivity contribution in [1.29, 1.82) is 0 Å². The lowest BCUT2D eigenvalue weighted by molar-refractivity contribution is 0.0512. The van der Waals surface area contributed by atoms with Gasteiger partial charge in [0.1, 0.15) is 0 Å².